The van der Waals surface area contributed by atoms with E-state index in [0.29, 0.717) is 0 Å². The molecule has 0 radical (unpaired) electrons. The van der Waals surface area contributed by atoms with Crippen LogP contribution in [-0.4, -0.2) is 12.5 Å². The highest BCUT2D eigenvalue weighted by Gasteiger charge is 2.06. The highest BCUT2D eigenvalue weighted by atomic mass is 79.9. The number of hydrogen-bond acceptors (Lipinski definition) is 2. The molecule has 0 aromatic heterocycles. The molecular weight excluding hydrogens is 316 g/mol. The Morgan fingerprint density at radius 2 is 1.75 bits per heavy atom. The van der Waals surface area contributed by atoms with Gasteiger partial charge in [-0.15, -0.1) is 0 Å². The Bertz CT molecular complexity index is 626. The first-order valence-electron chi connectivity index (χ1n) is 6.42. The largest absolute Gasteiger partial charge is 0.375 e. The minimum Gasteiger partial charge on any atom is -0.375 e. The van der Waals surface area contributed by atoms with Crippen LogP contribution >= 0.6 is 15.9 Å². The van der Waals surface area contributed by atoms with Gasteiger partial charge in [0.15, 0.2) is 0 Å². The van der Waals surface area contributed by atoms with Gasteiger partial charge in [-0.05, 0) is 59.1 Å². The first-order valence-corrected chi connectivity index (χ1v) is 7.21. The summed E-state index contributed by atoms with van der Waals surface area (Å²) in [6, 6.07) is 13.6. The number of rotatable bonds is 4. The van der Waals surface area contributed by atoms with Crippen molar-refractivity contribution in [3.63, 3.8) is 0 Å². The molecule has 2 N–H and O–H groups in total. The fraction of sp³-hybridized carbons (Fsp3) is 0.188. The van der Waals surface area contributed by atoms with E-state index in [1.54, 1.807) is 0 Å². The molecule has 0 saturated heterocycles. The van der Waals surface area contributed by atoms with Crippen LogP contribution in [0.15, 0.2) is 46.9 Å². The molecule has 104 valence electrons. The predicted octanol–water partition coefficient (Wildman–Crippen LogP) is 4.12. The third kappa shape index (κ3) is 3.61. The maximum Gasteiger partial charge on any atom is 0.243 e. The van der Waals surface area contributed by atoms with Gasteiger partial charge in [-0.1, -0.05) is 24.3 Å². The molecule has 0 saturated carbocycles. The molecule has 0 fully saturated rings. The Morgan fingerprint density at radius 1 is 1.05 bits per heavy atom. The van der Waals surface area contributed by atoms with Crippen molar-refractivity contribution >= 4 is 33.2 Å². The lowest BCUT2D eigenvalue weighted by Crippen LogP contribution is -2.22. The van der Waals surface area contributed by atoms with Crippen LogP contribution in [0.25, 0.3) is 0 Å². The van der Waals surface area contributed by atoms with Crippen LogP contribution in [0, 0.1) is 13.8 Å². The second-order valence-electron chi connectivity index (χ2n) is 4.63. The maximum atomic E-state index is 12.0. The molecule has 20 heavy (non-hydrogen) atoms. The topological polar surface area (TPSA) is 41.1 Å². The summed E-state index contributed by atoms with van der Waals surface area (Å²) in [4.78, 5) is 12.0. The van der Waals surface area contributed by atoms with Crippen molar-refractivity contribution in [3.8, 4) is 0 Å². The lowest BCUT2D eigenvalue weighted by atomic mass is 10.1. The molecule has 0 spiro atoms. The third-order valence-corrected chi connectivity index (χ3v) is 3.88. The molecule has 0 aliphatic heterocycles. The second-order valence-corrected chi connectivity index (χ2v) is 5.48. The first kappa shape index (κ1) is 14.6. The zero-order valence-corrected chi connectivity index (χ0v) is 13.1. The second kappa shape index (κ2) is 6.57. The van der Waals surface area contributed by atoms with Gasteiger partial charge in [0.1, 0.15) is 0 Å². The number of aryl methyl sites for hydroxylation is 1. The van der Waals surface area contributed by atoms with E-state index < -0.39 is 0 Å². The summed E-state index contributed by atoms with van der Waals surface area (Å²) in [5.74, 6) is -0.0607. The van der Waals surface area contributed by atoms with Gasteiger partial charge in [0.05, 0.1) is 6.54 Å². The quantitative estimate of drug-likeness (QED) is 0.884. The summed E-state index contributed by atoms with van der Waals surface area (Å²) in [6.45, 7) is 4.27. The van der Waals surface area contributed by atoms with E-state index >= 15 is 0 Å². The van der Waals surface area contributed by atoms with Gasteiger partial charge in [-0.3, -0.25) is 4.79 Å². The van der Waals surface area contributed by atoms with Gasteiger partial charge >= 0.3 is 0 Å². The van der Waals surface area contributed by atoms with Crippen molar-refractivity contribution in [2.45, 2.75) is 13.8 Å². The predicted molar refractivity (Wildman–Crippen MR) is 87.2 cm³/mol. The number of amides is 1. The monoisotopic (exact) mass is 332 g/mol. The van der Waals surface area contributed by atoms with E-state index in [0.717, 1.165) is 21.4 Å². The standard InChI is InChI=1S/C16H17BrN2O/c1-11-6-5-9-14(12(11)2)19-16(20)10-18-15-8-4-3-7-13(15)17/h3-9,18H,10H2,1-2H3,(H,19,20). The van der Waals surface area contributed by atoms with Crippen LogP contribution in [0.1, 0.15) is 11.1 Å². The summed E-state index contributed by atoms with van der Waals surface area (Å²) in [5, 5.41) is 6.03. The van der Waals surface area contributed by atoms with Crippen LogP contribution in [0.4, 0.5) is 11.4 Å². The van der Waals surface area contributed by atoms with Crippen molar-refractivity contribution in [1.29, 1.82) is 0 Å². The lowest BCUT2D eigenvalue weighted by molar-refractivity contribution is -0.114. The Labute approximate surface area is 127 Å². The molecular formula is C16H17BrN2O. The molecule has 0 heterocycles. The number of hydrogen-bond donors (Lipinski definition) is 2. The summed E-state index contributed by atoms with van der Waals surface area (Å²) >= 11 is 3.44. The number of nitrogens with one attached hydrogen (secondary N) is 2. The Hall–Kier alpha value is -1.81. The average molecular weight is 333 g/mol. The number of benzene rings is 2. The molecule has 3 nitrogen and oxygen atoms in total. The molecule has 4 heteroatoms. The molecule has 0 bridgehead atoms. The van der Waals surface area contributed by atoms with Gasteiger partial charge in [-0.25, -0.2) is 0 Å². The van der Waals surface area contributed by atoms with Gasteiger partial charge in [0, 0.05) is 15.8 Å². The fourth-order valence-electron chi connectivity index (χ4n) is 1.86. The highest BCUT2D eigenvalue weighted by molar-refractivity contribution is 9.10. The van der Waals surface area contributed by atoms with E-state index in [9.17, 15) is 4.79 Å². The highest BCUT2D eigenvalue weighted by Crippen LogP contribution is 2.21. The van der Waals surface area contributed by atoms with E-state index in [1.165, 1.54) is 5.56 Å². The maximum absolute atomic E-state index is 12.0. The van der Waals surface area contributed by atoms with Crippen molar-refractivity contribution in [2.24, 2.45) is 0 Å². The molecule has 0 atom stereocenters. The minimum absolute atomic E-state index is 0.0607. The molecule has 2 aromatic carbocycles. The Kier molecular flexibility index (Phi) is 4.79. The van der Waals surface area contributed by atoms with Crippen LogP contribution in [-0.2, 0) is 4.79 Å². The summed E-state index contributed by atoms with van der Waals surface area (Å²) < 4.78 is 0.944. The van der Waals surface area contributed by atoms with Crippen molar-refractivity contribution in [3.05, 3.63) is 58.1 Å². The molecule has 1 amide bonds. The average Bonchev–Trinajstić information content (AvgIpc) is 2.43. The SMILES string of the molecule is Cc1cccc(NC(=O)CNc2ccccc2Br)c1C. The number of carbonyl (C=O) groups excluding carboxylic acids is 1. The van der Waals surface area contributed by atoms with Crippen LogP contribution in [0.2, 0.25) is 0 Å². The van der Waals surface area contributed by atoms with Gasteiger partial charge < -0.3 is 10.6 Å². The Balaban J connectivity index is 1.96. The van der Waals surface area contributed by atoms with E-state index in [4.69, 9.17) is 0 Å². The van der Waals surface area contributed by atoms with E-state index in [-0.39, 0.29) is 12.5 Å². The third-order valence-electron chi connectivity index (χ3n) is 3.19. The smallest absolute Gasteiger partial charge is 0.243 e. The van der Waals surface area contributed by atoms with E-state index in [1.807, 2.05) is 56.3 Å². The normalized spacial score (nSPS) is 10.2. The number of anilines is 2. The Morgan fingerprint density at radius 3 is 2.50 bits per heavy atom. The molecule has 0 aliphatic carbocycles. The van der Waals surface area contributed by atoms with Crippen LogP contribution in [0.3, 0.4) is 0 Å². The van der Waals surface area contributed by atoms with Crippen molar-refractivity contribution in [1.82, 2.24) is 0 Å². The molecule has 0 unspecified atom stereocenters. The zero-order chi connectivity index (χ0) is 14.5. The lowest BCUT2D eigenvalue weighted by Gasteiger charge is -2.12. The van der Waals surface area contributed by atoms with Crippen molar-refractivity contribution < 1.29 is 4.79 Å². The summed E-state index contributed by atoms with van der Waals surface area (Å²) in [5.41, 5.74) is 4.04. The van der Waals surface area contributed by atoms with Gasteiger partial charge in [0.25, 0.3) is 0 Å². The number of halogens is 1. The number of carbonyl (C=O) groups is 1. The minimum atomic E-state index is -0.0607. The van der Waals surface area contributed by atoms with E-state index in [2.05, 4.69) is 26.6 Å². The first-order chi connectivity index (χ1) is 9.58. The molecule has 2 rings (SSSR count). The van der Waals surface area contributed by atoms with Crippen LogP contribution in [0.5, 0.6) is 0 Å². The van der Waals surface area contributed by atoms with Gasteiger partial charge in [0.2, 0.25) is 5.91 Å². The molecule has 0 aliphatic rings. The summed E-state index contributed by atoms with van der Waals surface area (Å²) in [7, 11) is 0. The molecule has 2 aromatic rings. The number of para-hydroxylation sites is 1. The van der Waals surface area contributed by atoms with Crippen LogP contribution < -0.4 is 10.6 Å². The fourth-order valence-corrected chi connectivity index (χ4v) is 2.29. The summed E-state index contributed by atoms with van der Waals surface area (Å²) in [6.07, 6.45) is 0. The zero-order valence-electron chi connectivity index (χ0n) is 11.5. The van der Waals surface area contributed by atoms with Crippen molar-refractivity contribution in [2.75, 3.05) is 17.2 Å². The van der Waals surface area contributed by atoms with Gasteiger partial charge in [-0.2, -0.15) is 0 Å².